The fourth-order valence-electron chi connectivity index (χ4n) is 2.51. The van der Waals surface area contributed by atoms with Crippen molar-refractivity contribution in [3.63, 3.8) is 0 Å². The molecule has 0 aliphatic rings. The minimum atomic E-state index is 0.147. The molecule has 0 saturated heterocycles. The zero-order chi connectivity index (χ0) is 17.3. The maximum atomic E-state index is 6.03. The predicted octanol–water partition coefficient (Wildman–Crippen LogP) is 4.79. The van der Waals surface area contributed by atoms with E-state index < -0.39 is 0 Å². The lowest BCUT2D eigenvalue weighted by Gasteiger charge is -2.13. The number of hydrogen-bond donors (Lipinski definition) is 0. The van der Waals surface area contributed by atoms with Crippen LogP contribution in [-0.2, 0) is 0 Å². The van der Waals surface area contributed by atoms with E-state index in [9.17, 15) is 0 Å². The molecule has 3 aromatic rings. The Kier molecular flexibility index (Phi) is 4.49. The smallest absolute Gasteiger partial charge is 0.293 e. The SMILES string of the molecule is CN(C)c1ccc(-c2nc(Cl)oc2-c2ccc(N(C)C)cc2)cc1. The van der Waals surface area contributed by atoms with Crippen LogP contribution < -0.4 is 9.80 Å². The van der Waals surface area contributed by atoms with Crippen LogP contribution in [0, 0.1) is 0 Å². The Bertz CT molecular complexity index is 752. The fraction of sp³-hybridized carbons (Fsp3) is 0.211. The molecule has 0 aliphatic heterocycles. The summed E-state index contributed by atoms with van der Waals surface area (Å²) in [6, 6.07) is 16.3. The van der Waals surface area contributed by atoms with E-state index >= 15 is 0 Å². The molecule has 0 amide bonds. The number of oxazole rings is 1. The molecular formula is C19H20ClN3O. The second-order valence-electron chi connectivity index (χ2n) is 6.03. The van der Waals surface area contributed by atoms with Gasteiger partial charge in [0.15, 0.2) is 5.76 Å². The number of hydrogen-bond acceptors (Lipinski definition) is 4. The summed E-state index contributed by atoms with van der Waals surface area (Å²) >= 11 is 6.03. The first kappa shape index (κ1) is 16.4. The van der Waals surface area contributed by atoms with Gasteiger partial charge in [-0.3, -0.25) is 0 Å². The second-order valence-corrected chi connectivity index (χ2v) is 6.35. The molecule has 0 bridgehead atoms. The van der Waals surface area contributed by atoms with Gasteiger partial charge in [-0.2, -0.15) is 4.98 Å². The lowest BCUT2D eigenvalue weighted by atomic mass is 10.0. The van der Waals surface area contributed by atoms with Gasteiger partial charge in [-0.15, -0.1) is 0 Å². The van der Waals surface area contributed by atoms with E-state index in [0.717, 1.165) is 28.2 Å². The molecule has 0 fully saturated rings. The van der Waals surface area contributed by atoms with Gasteiger partial charge in [0.25, 0.3) is 5.35 Å². The highest BCUT2D eigenvalue weighted by Crippen LogP contribution is 2.35. The molecule has 0 saturated carbocycles. The summed E-state index contributed by atoms with van der Waals surface area (Å²) in [4.78, 5) is 8.47. The van der Waals surface area contributed by atoms with E-state index in [2.05, 4.69) is 26.9 Å². The first-order chi connectivity index (χ1) is 11.5. The summed E-state index contributed by atoms with van der Waals surface area (Å²) in [5.74, 6) is 0.683. The number of benzene rings is 2. The number of aromatic nitrogens is 1. The zero-order valence-corrected chi connectivity index (χ0v) is 15.0. The van der Waals surface area contributed by atoms with Crippen LogP contribution in [0.25, 0.3) is 22.6 Å². The average Bonchev–Trinajstić information content (AvgIpc) is 2.97. The Morgan fingerprint density at radius 3 is 1.67 bits per heavy atom. The van der Waals surface area contributed by atoms with E-state index in [4.69, 9.17) is 16.0 Å². The molecule has 5 heteroatoms. The third-order valence-corrected chi connectivity index (χ3v) is 4.07. The predicted molar refractivity (Wildman–Crippen MR) is 101 cm³/mol. The molecule has 1 heterocycles. The standard InChI is InChI=1S/C19H20ClN3O/c1-22(2)15-9-5-13(6-10-15)17-18(24-19(20)21-17)14-7-11-16(12-8-14)23(3)4/h5-12H,1-4H3. The van der Waals surface area contributed by atoms with E-state index in [0.29, 0.717) is 5.76 Å². The zero-order valence-electron chi connectivity index (χ0n) is 14.2. The Morgan fingerprint density at radius 2 is 1.21 bits per heavy atom. The number of rotatable bonds is 4. The number of anilines is 2. The normalized spacial score (nSPS) is 10.7. The summed E-state index contributed by atoms with van der Waals surface area (Å²) in [6.07, 6.45) is 0. The minimum absolute atomic E-state index is 0.147. The van der Waals surface area contributed by atoms with Gasteiger partial charge in [0, 0.05) is 50.7 Å². The van der Waals surface area contributed by atoms with Crippen molar-refractivity contribution >= 4 is 23.0 Å². The number of halogens is 1. The van der Waals surface area contributed by atoms with Crippen molar-refractivity contribution in [1.29, 1.82) is 0 Å². The second kappa shape index (κ2) is 6.57. The van der Waals surface area contributed by atoms with Gasteiger partial charge in [-0.1, -0.05) is 12.1 Å². The Hall–Kier alpha value is -2.46. The Morgan fingerprint density at radius 1 is 0.750 bits per heavy atom. The molecule has 0 N–H and O–H groups in total. The Balaban J connectivity index is 2.01. The maximum absolute atomic E-state index is 6.03. The topological polar surface area (TPSA) is 32.5 Å². The molecule has 1 aromatic heterocycles. The van der Waals surface area contributed by atoms with Crippen molar-refractivity contribution < 1.29 is 4.42 Å². The third kappa shape index (κ3) is 3.24. The van der Waals surface area contributed by atoms with Gasteiger partial charge in [0.2, 0.25) is 0 Å². The van der Waals surface area contributed by atoms with Gasteiger partial charge >= 0.3 is 0 Å². The third-order valence-electron chi connectivity index (χ3n) is 3.90. The van der Waals surface area contributed by atoms with E-state index in [1.165, 1.54) is 0 Å². The average molecular weight is 342 g/mol. The number of nitrogens with zero attached hydrogens (tertiary/aromatic N) is 3. The maximum Gasteiger partial charge on any atom is 0.293 e. The van der Waals surface area contributed by atoms with Crippen molar-refractivity contribution in [1.82, 2.24) is 4.98 Å². The van der Waals surface area contributed by atoms with Gasteiger partial charge in [0.05, 0.1) is 0 Å². The lowest BCUT2D eigenvalue weighted by Crippen LogP contribution is -2.08. The molecule has 0 radical (unpaired) electrons. The van der Waals surface area contributed by atoms with Crippen LogP contribution in [0.1, 0.15) is 0 Å². The van der Waals surface area contributed by atoms with Crippen molar-refractivity contribution in [2.45, 2.75) is 0 Å². The highest BCUT2D eigenvalue weighted by atomic mass is 35.5. The summed E-state index contributed by atoms with van der Waals surface area (Å²) in [5.41, 5.74) is 4.93. The van der Waals surface area contributed by atoms with Crippen molar-refractivity contribution in [3.8, 4) is 22.6 Å². The van der Waals surface area contributed by atoms with Crippen LogP contribution in [-0.4, -0.2) is 33.2 Å². The lowest BCUT2D eigenvalue weighted by molar-refractivity contribution is 0.574. The van der Waals surface area contributed by atoms with Crippen LogP contribution in [0.4, 0.5) is 11.4 Å². The molecule has 0 atom stereocenters. The molecule has 4 nitrogen and oxygen atoms in total. The fourth-order valence-corrected chi connectivity index (χ4v) is 2.68. The van der Waals surface area contributed by atoms with Gasteiger partial charge in [0.1, 0.15) is 5.69 Å². The molecule has 124 valence electrons. The van der Waals surface area contributed by atoms with Crippen LogP contribution in [0.2, 0.25) is 5.35 Å². The molecule has 0 spiro atoms. The summed E-state index contributed by atoms with van der Waals surface area (Å²) < 4.78 is 5.66. The highest BCUT2D eigenvalue weighted by molar-refractivity contribution is 6.28. The van der Waals surface area contributed by atoms with E-state index in [-0.39, 0.29) is 5.35 Å². The molecule has 24 heavy (non-hydrogen) atoms. The van der Waals surface area contributed by atoms with E-state index in [1.54, 1.807) is 0 Å². The van der Waals surface area contributed by atoms with Crippen molar-refractivity contribution in [2.24, 2.45) is 0 Å². The molecule has 3 rings (SSSR count). The molecule has 2 aromatic carbocycles. The summed E-state index contributed by atoms with van der Waals surface area (Å²) in [6.45, 7) is 0. The quantitative estimate of drug-likeness (QED) is 0.682. The minimum Gasteiger partial charge on any atom is -0.427 e. The summed E-state index contributed by atoms with van der Waals surface area (Å²) in [5, 5.41) is 0.147. The van der Waals surface area contributed by atoms with Gasteiger partial charge < -0.3 is 14.2 Å². The van der Waals surface area contributed by atoms with Crippen molar-refractivity contribution in [3.05, 3.63) is 53.9 Å². The van der Waals surface area contributed by atoms with Crippen molar-refractivity contribution in [2.75, 3.05) is 38.0 Å². The van der Waals surface area contributed by atoms with Crippen LogP contribution in [0.15, 0.2) is 52.9 Å². The monoisotopic (exact) mass is 341 g/mol. The van der Waals surface area contributed by atoms with Gasteiger partial charge in [-0.05, 0) is 48.0 Å². The molecular weight excluding hydrogens is 322 g/mol. The molecule has 0 aliphatic carbocycles. The largest absolute Gasteiger partial charge is 0.427 e. The Labute approximate surface area is 147 Å². The first-order valence-corrected chi connectivity index (χ1v) is 8.05. The van der Waals surface area contributed by atoms with Crippen LogP contribution >= 0.6 is 11.6 Å². The highest BCUT2D eigenvalue weighted by Gasteiger charge is 2.16. The first-order valence-electron chi connectivity index (χ1n) is 7.67. The molecule has 0 unspecified atom stereocenters. The van der Waals surface area contributed by atoms with E-state index in [1.807, 2.05) is 64.6 Å². The summed E-state index contributed by atoms with van der Waals surface area (Å²) in [7, 11) is 8.05. The van der Waals surface area contributed by atoms with Crippen LogP contribution in [0.3, 0.4) is 0 Å². The van der Waals surface area contributed by atoms with Crippen LogP contribution in [0.5, 0.6) is 0 Å². The van der Waals surface area contributed by atoms with Gasteiger partial charge in [-0.25, -0.2) is 0 Å².